The lowest BCUT2D eigenvalue weighted by atomic mass is 10.3. The van der Waals surface area contributed by atoms with Gasteiger partial charge >= 0.3 is 0 Å². The molecule has 1 N–H and O–H groups in total. The minimum atomic E-state index is 0.381. The molecule has 1 aromatic heterocycles. The maximum Gasteiger partial charge on any atom is 0.155 e. The highest BCUT2D eigenvalue weighted by Gasteiger charge is 2.04. The summed E-state index contributed by atoms with van der Waals surface area (Å²) in [6, 6.07) is 0. The van der Waals surface area contributed by atoms with Crippen LogP contribution in [-0.4, -0.2) is 22.5 Å². The van der Waals surface area contributed by atoms with Crippen LogP contribution in [-0.2, 0) is 6.54 Å². The van der Waals surface area contributed by atoms with E-state index in [0.717, 1.165) is 10.6 Å². The van der Waals surface area contributed by atoms with Crippen molar-refractivity contribution in [3.63, 3.8) is 0 Å². The van der Waals surface area contributed by atoms with E-state index in [9.17, 15) is 0 Å². The van der Waals surface area contributed by atoms with Gasteiger partial charge in [0.15, 0.2) is 5.76 Å². The monoisotopic (exact) mass is 142 g/mol. The number of aryl methyl sites for hydroxylation is 1. The first-order chi connectivity index (χ1) is 4.70. The highest BCUT2D eigenvalue weighted by Crippen LogP contribution is 2.06. The summed E-state index contributed by atoms with van der Waals surface area (Å²) >= 11 is 0. The topological polar surface area (TPSA) is 49.5 Å². The first-order valence-electron chi connectivity index (χ1n) is 3.00. The molecular formula is C6H10N2O2. The average molecular weight is 142 g/mol. The predicted octanol–water partition coefficient (Wildman–Crippen LogP) is 0.804. The average Bonchev–Trinajstić information content (AvgIpc) is 2.15. The van der Waals surface area contributed by atoms with Crippen molar-refractivity contribution in [2.75, 3.05) is 7.05 Å². The van der Waals surface area contributed by atoms with Crippen LogP contribution < -0.4 is 0 Å². The molecule has 0 bridgehead atoms. The Morgan fingerprint density at radius 2 is 2.50 bits per heavy atom. The molecule has 0 spiro atoms. The van der Waals surface area contributed by atoms with E-state index in [1.54, 1.807) is 13.2 Å². The second kappa shape index (κ2) is 2.81. The van der Waals surface area contributed by atoms with Crippen molar-refractivity contribution in [1.82, 2.24) is 10.2 Å². The van der Waals surface area contributed by atoms with E-state index >= 15 is 0 Å². The molecule has 0 aromatic carbocycles. The van der Waals surface area contributed by atoms with E-state index in [1.807, 2.05) is 6.92 Å². The van der Waals surface area contributed by atoms with Crippen LogP contribution in [0.3, 0.4) is 0 Å². The van der Waals surface area contributed by atoms with E-state index in [1.165, 1.54) is 0 Å². The summed E-state index contributed by atoms with van der Waals surface area (Å²) in [5.74, 6) is 0.699. The smallest absolute Gasteiger partial charge is 0.155 e. The van der Waals surface area contributed by atoms with Gasteiger partial charge in [0.1, 0.15) is 0 Å². The number of aromatic nitrogens is 1. The van der Waals surface area contributed by atoms with Gasteiger partial charge in [-0.2, -0.15) is 5.06 Å². The zero-order valence-electron chi connectivity index (χ0n) is 6.03. The molecule has 0 saturated heterocycles. The van der Waals surface area contributed by atoms with Crippen molar-refractivity contribution in [2.45, 2.75) is 13.5 Å². The fourth-order valence-corrected chi connectivity index (χ4v) is 0.674. The van der Waals surface area contributed by atoms with E-state index in [4.69, 9.17) is 9.73 Å². The summed E-state index contributed by atoms with van der Waals surface area (Å²) in [5, 5.41) is 13.4. The highest BCUT2D eigenvalue weighted by atomic mass is 16.5. The van der Waals surface area contributed by atoms with Crippen LogP contribution >= 0.6 is 0 Å². The van der Waals surface area contributed by atoms with Gasteiger partial charge in [0, 0.05) is 12.6 Å². The Hall–Kier alpha value is -0.870. The summed E-state index contributed by atoms with van der Waals surface area (Å²) in [6.07, 6.45) is 1.62. The second-order valence-corrected chi connectivity index (χ2v) is 2.25. The van der Waals surface area contributed by atoms with Crippen molar-refractivity contribution in [1.29, 1.82) is 0 Å². The van der Waals surface area contributed by atoms with Gasteiger partial charge in [0.05, 0.1) is 12.7 Å². The van der Waals surface area contributed by atoms with E-state index in [-0.39, 0.29) is 0 Å². The summed E-state index contributed by atoms with van der Waals surface area (Å²) in [5.41, 5.74) is 0.959. The van der Waals surface area contributed by atoms with Gasteiger partial charge in [-0.1, -0.05) is 5.16 Å². The third-order valence-electron chi connectivity index (χ3n) is 1.22. The Morgan fingerprint density at radius 3 is 2.90 bits per heavy atom. The maximum atomic E-state index is 8.79. The fourth-order valence-electron chi connectivity index (χ4n) is 0.674. The molecule has 1 heterocycles. The molecule has 0 saturated carbocycles. The van der Waals surface area contributed by atoms with Crippen LogP contribution in [0.5, 0.6) is 0 Å². The lowest BCUT2D eigenvalue weighted by Crippen LogP contribution is -2.11. The largest absolute Gasteiger partial charge is 0.360 e. The third kappa shape index (κ3) is 1.55. The standard InChI is InChI=1S/C6H10N2O2/c1-5-3-7-10-6(5)4-8(2)9/h3,9H,4H2,1-2H3. The fraction of sp³-hybridized carbons (Fsp3) is 0.500. The second-order valence-electron chi connectivity index (χ2n) is 2.25. The zero-order valence-corrected chi connectivity index (χ0v) is 6.03. The molecule has 1 rings (SSSR count). The summed E-state index contributed by atoms with van der Waals surface area (Å²) < 4.78 is 4.82. The molecule has 0 aliphatic rings. The van der Waals surface area contributed by atoms with E-state index in [2.05, 4.69) is 5.16 Å². The van der Waals surface area contributed by atoms with E-state index < -0.39 is 0 Å². The molecule has 0 unspecified atom stereocenters. The SMILES string of the molecule is Cc1cnoc1CN(C)O. The number of nitrogens with zero attached hydrogens (tertiary/aromatic N) is 2. The number of hydrogen-bond acceptors (Lipinski definition) is 4. The Bertz CT molecular complexity index is 207. The third-order valence-corrected chi connectivity index (χ3v) is 1.22. The molecule has 0 aliphatic heterocycles. The minimum absolute atomic E-state index is 0.381. The van der Waals surface area contributed by atoms with Gasteiger partial charge in [-0.25, -0.2) is 0 Å². The van der Waals surface area contributed by atoms with Crippen LogP contribution in [0.1, 0.15) is 11.3 Å². The summed E-state index contributed by atoms with van der Waals surface area (Å²) in [6.45, 7) is 2.27. The van der Waals surface area contributed by atoms with Crippen molar-refractivity contribution < 1.29 is 9.73 Å². The summed E-state index contributed by atoms with van der Waals surface area (Å²) in [7, 11) is 1.56. The van der Waals surface area contributed by atoms with Crippen molar-refractivity contribution in [3.8, 4) is 0 Å². The zero-order chi connectivity index (χ0) is 7.56. The molecule has 10 heavy (non-hydrogen) atoms. The van der Waals surface area contributed by atoms with Crippen LogP contribution in [0, 0.1) is 6.92 Å². The number of hydrogen-bond donors (Lipinski definition) is 1. The quantitative estimate of drug-likeness (QED) is 0.620. The molecule has 0 aliphatic carbocycles. The van der Waals surface area contributed by atoms with Crippen molar-refractivity contribution in [2.24, 2.45) is 0 Å². The Morgan fingerprint density at radius 1 is 1.80 bits per heavy atom. The number of hydroxylamine groups is 2. The normalized spacial score (nSPS) is 10.8. The molecule has 0 atom stereocenters. The predicted molar refractivity (Wildman–Crippen MR) is 34.5 cm³/mol. The minimum Gasteiger partial charge on any atom is -0.360 e. The number of rotatable bonds is 2. The Labute approximate surface area is 59.0 Å². The molecule has 4 heteroatoms. The lowest BCUT2D eigenvalue weighted by molar-refractivity contribution is -0.0784. The Kier molecular flexibility index (Phi) is 2.03. The van der Waals surface area contributed by atoms with Gasteiger partial charge in [-0.3, -0.25) is 0 Å². The van der Waals surface area contributed by atoms with Crippen LogP contribution in [0.15, 0.2) is 10.7 Å². The van der Waals surface area contributed by atoms with Gasteiger partial charge < -0.3 is 9.73 Å². The molecule has 4 nitrogen and oxygen atoms in total. The Balaban J connectivity index is 2.65. The van der Waals surface area contributed by atoms with Crippen molar-refractivity contribution in [3.05, 3.63) is 17.5 Å². The first-order valence-corrected chi connectivity index (χ1v) is 3.00. The summed E-state index contributed by atoms with van der Waals surface area (Å²) in [4.78, 5) is 0. The molecule has 0 fully saturated rings. The van der Waals surface area contributed by atoms with Gasteiger partial charge in [0.25, 0.3) is 0 Å². The van der Waals surface area contributed by atoms with Crippen LogP contribution in [0.25, 0.3) is 0 Å². The molecule has 0 radical (unpaired) electrons. The molecule has 1 aromatic rings. The van der Waals surface area contributed by atoms with Crippen molar-refractivity contribution >= 4 is 0 Å². The lowest BCUT2D eigenvalue weighted by Gasteiger charge is -2.03. The van der Waals surface area contributed by atoms with Gasteiger partial charge in [0.2, 0.25) is 0 Å². The maximum absolute atomic E-state index is 8.79. The highest BCUT2D eigenvalue weighted by molar-refractivity contribution is 5.09. The van der Waals surface area contributed by atoms with E-state index in [0.29, 0.717) is 12.3 Å². The first kappa shape index (κ1) is 7.24. The van der Waals surface area contributed by atoms with Crippen LogP contribution in [0.4, 0.5) is 0 Å². The molecular weight excluding hydrogens is 132 g/mol. The van der Waals surface area contributed by atoms with Crippen LogP contribution in [0.2, 0.25) is 0 Å². The molecule has 0 amide bonds. The molecule has 56 valence electrons. The van der Waals surface area contributed by atoms with Gasteiger partial charge in [-0.15, -0.1) is 0 Å². The van der Waals surface area contributed by atoms with Gasteiger partial charge in [-0.05, 0) is 6.92 Å².